The zero-order valence-electron chi connectivity index (χ0n) is 14.4. The van der Waals surface area contributed by atoms with Gasteiger partial charge in [0.05, 0.1) is 13.2 Å². The maximum Gasteiger partial charge on any atom is 0.258 e. The van der Waals surface area contributed by atoms with Crippen LogP contribution in [-0.2, 0) is 11.2 Å². The van der Waals surface area contributed by atoms with Crippen molar-refractivity contribution in [2.24, 2.45) is 0 Å². The van der Waals surface area contributed by atoms with E-state index in [1.165, 1.54) is 25.2 Å². The summed E-state index contributed by atoms with van der Waals surface area (Å²) in [7, 11) is 1.50. The van der Waals surface area contributed by atoms with Gasteiger partial charge in [0.25, 0.3) is 5.91 Å². The molecule has 1 aliphatic carbocycles. The second-order valence-electron chi connectivity index (χ2n) is 6.07. The van der Waals surface area contributed by atoms with Gasteiger partial charge >= 0.3 is 0 Å². The van der Waals surface area contributed by atoms with Gasteiger partial charge in [0.15, 0.2) is 23.9 Å². The molecule has 5 nitrogen and oxygen atoms in total. The van der Waals surface area contributed by atoms with E-state index >= 15 is 0 Å². The average Bonchev–Trinajstić information content (AvgIpc) is 3.02. The standard InChI is InChI=1S/C20H21NO4/c1-13(22)15-8-10-18(19(11-15)24-2)25-12-20(23)21-17-9-7-14-5-3-4-6-16(14)17/h3-6,8,10-11,17H,7,9,12H2,1-2H3,(H,21,23). The smallest absolute Gasteiger partial charge is 0.258 e. The number of benzene rings is 2. The number of fused-ring (bicyclic) bond motifs is 1. The minimum atomic E-state index is -0.181. The summed E-state index contributed by atoms with van der Waals surface area (Å²) in [5.74, 6) is 0.642. The van der Waals surface area contributed by atoms with Gasteiger partial charge in [-0.1, -0.05) is 24.3 Å². The van der Waals surface area contributed by atoms with Crippen LogP contribution in [0.2, 0.25) is 0 Å². The van der Waals surface area contributed by atoms with Crippen molar-refractivity contribution in [3.63, 3.8) is 0 Å². The normalized spacial score (nSPS) is 15.4. The fraction of sp³-hybridized carbons (Fsp3) is 0.300. The lowest BCUT2D eigenvalue weighted by Gasteiger charge is -2.15. The van der Waals surface area contributed by atoms with Crippen molar-refractivity contribution >= 4 is 11.7 Å². The maximum absolute atomic E-state index is 12.2. The number of methoxy groups -OCH3 is 1. The Morgan fingerprint density at radius 1 is 1.16 bits per heavy atom. The molecule has 5 heteroatoms. The topological polar surface area (TPSA) is 64.6 Å². The van der Waals surface area contributed by atoms with E-state index in [0.29, 0.717) is 17.1 Å². The van der Waals surface area contributed by atoms with Crippen molar-refractivity contribution in [1.82, 2.24) is 5.32 Å². The molecule has 0 saturated carbocycles. The zero-order valence-corrected chi connectivity index (χ0v) is 14.4. The highest BCUT2D eigenvalue weighted by atomic mass is 16.5. The van der Waals surface area contributed by atoms with E-state index in [1.807, 2.05) is 12.1 Å². The number of amides is 1. The van der Waals surface area contributed by atoms with Gasteiger partial charge in [0.2, 0.25) is 0 Å². The molecule has 25 heavy (non-hydrogen) atoms. The molecule has 2 aromatic carbocycles. The lowest BCUT2D eigenvalue weighted by molar-refractivity contribution is -0.123. The number of rotatable bonds is 6. The number of ketones is 1. The van der Waals surface area contributed by atoms with E-state index in [4.69, 9.17) is 9.47 Å². The number of aryl methyl sites for hydroxylation is 1. The van der Waals surface area contributed by atoms with Crippen LogP contribution in [0.5, 0.6) is 11.5 Å². The van der Waals surface area contributed by atoms with E-state index < -0.39 is 0 Å². The van der Waals surface area contributed by atoms with Crippen LogP contribution in [0.25, 0.3) is 0 Å². The summed E-state index contributed by atoms with van der Waals surface area (Å²) in [6.45, 7) is 1.39. The average molecular weight is 339 g/mol. The monoisotopic (exact) mass is 339 g/mol. The Morgan fingerprint density at radius 3 is 2.72 bits per heavy atom. The van der Waals surface area contributed by atoms with Gasteiger partial charge in [-0.15, -0.1) is 0 Å². The largest absolute Gasteiger partial charge is 0.493 e. The third kappa shape index (κ3) is 3.82. The van der Waals surface area contributed by atoms with Gasteiger partial charge in [0, 0.05) is 5.56 Å². The summed E-state index contributed by atoms with van der Waals surface area (Å²) in [5, 5.41) is 3.01. The van der Waals surface area contributed by atoms with Crippen LogP contribution >= 0.6 is 0 Å². The number of carbonyl (C=O) groups excluding carboxylic acids is 2. The Hall–Kier alpha value is -2.82. The van der Waals surface area contributed by atoms with Crippen molar-refractivity contribution in [2.75, 3.05) is 13.7 Å². The van der Waals surface area contributed by atoms with Gasteiger partial charge in [-0.3, -0.25) is 9.59 Å². The Bertz CT molecular complexity index is 800. The molecule has 0 bridgehead atoms. The predicted octanol–water partition coefficient (Wildman–Crippen LogP) is 3.08. The summed E-state index contributed by atoms with van der Waals surface area (Å²) in [4.78, 5) is 23.7. The molecule has 2 aromatic rings. The summed E-state index contributed by atoms with van der Waals surface area (Å²) in [6, 6.07) is 13.1. The fourth-order valence-electron chi connectivity index (χ4n) is 3.09. The third-order valence-corrected chi connectivity index (χ3v) is 4.40. The molecule has 0 spiro atoms. The molecule has 1 unspecified atom stereocenters. The molecule has 3 rings (SSSR count). The van der Waals surface area contributed by atoms with Crippen LogP contribution in [0.15, 0.2) is 42.5 Å². The maximum atomic E-state index is 12.2. The number of carbonyl (C=O) groups is 2. The van der Waals surface area contributed by atoms with Gasteiger partial charge in [0.1, 0.15) is 0 Å². The molecule has 0 aliphatic heterocycles. The lowest BCUT2D eigenvalue weighted by atomic mass is 10.1. The third-order valence-electron chi connectivity index (χ3n) is 4.40. The Morgan fingerprint density at radius 2 is 1.96 bits per heavy atom. The minimum Gasteiger partial charge on any atom is -0.493 e. The Labute approximate surface area is 147 Å². The van der Waals surface area contributed by atoms with E-state index in [0.717, 1.165) is 12.8 Å². The molecule has 1 aliphatic rings. The Kier molecular flexibility index (Phi) is 5.03. The van der Waals surface area contributed by atoms with Crippen molar-refractivity contribution in [1.29, 1.82) is 0 Å². The van der Waals surface area contributed by atoms with Crippen molar-refractivity contribution < 1.29 is 19.1 Å². The first kappa shape index (κ1) is 17.0. The van der Waals surface area contributed by atoms with Gasteiger partial charge < -0.3 is 14.8 Å². The summed E-state index contributed by atoms with van der Waals surface area (Å²) in [5.41, 5.74) is 3.01. The number of Topliss-reactive ketones (excluding diaryl/α,β-unsaturated/α-hetero) is 1. The number of nitrogens with one attached hydrogen (secondary N) is 1. The molecule has 0 heterocycles. The van der Waals surface area contributed by atoms with Gasteiger partial charge in [-0.25, -0.2) is 0 Å². The van der Waals surface area contributed by atoms with Crippen LogP contribution < -0.4 is 14.8 Å². The Balaban J connectivity index is 1.61. The second kappa shape index (κ2) is 7.38. The molecule has 1 atom stereocenters. The van der Waals surface area contributed by atoms with Crippen LogP contribution in [0.3, 0.4) is 0 Å². The van der Waals surface area contributed by atoms with Crippen LogP contribution in [-0.4, -0.2) is 25.4 Å². The van der Waals surface area contributed by atoms with Gasteiger partial charge in [-0.05, 0) is 49.1 Å². The molecule has 0 saturated heterocycles. The first-order valence-electron chi connectivity index (χ1n) is 8.27. The molecule has 0 aromatic heterocycles. The molecule has 1 N–H and O–H groups in total. The highest BCUT2D eigenvalue weighted by molar-refractivity contribution is 5.94. The highest BCUT2D eigenvalue weighted by Crippen LogP contribution is 2.31. The van der Waals surface area contributed by atoms with Gasteiger partial charge in [-0.2, -0.15) is 0 Å². The summed E-state index contributed by atoms with van der Waals surface area (Å²) < 4.78 is 10.8. The predicted molar refractivity (Wildman–Crippen MR) is 94.1 cm³/mol. The van der Waals surface area contributed by atoms with Crippen molar-refractivity contribution in [3.05, 3.63) is 59.2 Å². The number of hydrogen-bond donors (Lipinski definition) is 1. The number of ether oxygens (including phenoxy) is 2. The van der Waals surface area contributed by atoms with Crippen molar-refractivity contribution in [3.8, 4) is 11.5 Å². The SMILES string of the molecule is COc1cc(C(C)=O)ccc1OCC(=O)NC1CCc2ccccc21. The van der Waals surface area contributed by atoms with Crippen LogP contribution in [0, 0.1) is 0 Å². The molecule has 1 amide bonds. The first-order valence-corrected chi connectivity index (χ1v) is 8.27. The first-order chi connectivity index (χ1) is 12.1. The highest BCUT2D eigenvalue weighted by Gasteiger charge is 2.23. The van der Waals surface area contributed by atoms with Crippen LogP contribution in [0.4, 0.5) is 0 Å². The van der Waals surface area contributed by atoms with E-state index in [2.05, 4.69) is 17.4 Å². The summed E-state index contributed by atoms with van der Waals surface area (Å²) in [6.07, 6.45) is 1.88. The molecular weight excluding hydrogens is 318 g/mol. The summed E-state index contributed by atoms with van der Waals surface area (Å²) >= 11 is 0. The molecule has 0 radical (unpaired) electrons. The fourth-order valence-corrected chi connectivity index (χ4v) is 3.09. The number of hydrogen-bond acceptors (Lipinski definition) is 4. The van der Waals surface area contributed by atoms with E-state index in [1.54, 1.807) is 18.2 Å². The lowest BCUT2D eigenvalue weighted by Crippen LogP contribution is -2.31. The minimum absolute atomic E-state index is 0.0364. The molecule has 0 fully saturated rings. The van der Waals surface area contributed by atoms with E-state index in [9.17, 15) is 9.59 Å². The second-order valence-corrected chi connectivity index (χ2v) is 6.07. The quantitative estimate of drug-likeness (QED) is 0.822. The van der Waals surface area contributed by atoms with E-state index in [-0.39, 0.29) is 24.3 Å². The molecular formula is C20H21NO4. The zero-order chi connectivity index (χ0) is 17.8. The molecule has 130 valence electrons. The van der Waals surface area contributed by atoms with Crippen LogP contribution in [0.1, 0.15) is 40.9 Å². The van der Waals surface area contributed by atoms with Crippen molar-refractivity contribution in [2.45, 2.75) is 25.8 Å².